The molecule has 0 N–H and O–H groups in total. The van der Waals surface area contributed by atoms with Gasteiger partial charge in [-0.3, -0.25) is 0 Å². The van der Waals surface area contributed by atoms with Crippen molar-refractivity contribution in [2.24, 2.45) is 0 Å². The Labute approximate surface area is 198 Å². The van der Waals surface area contributed by atoms with Crippen LogP contribution in [0, 0.1) is 13.8 Å². The zero-order valence-electron chi connectivity index (χ0n) is 16.5. The Morgan fingerprint density at radius 1 is 0.710 bits per heavy atom. The number of rotatable bonds is 7. The minimum Gasteiger partial charge on any atom is -0.375 e. The molecule has 164 valence electrons. The molecule has 0 saturated heterocycles. The summed E-state index contributed by atoms with van der Waals surface area (Å²) in [6.45, 7) is 3.66. The van der Waals surface area contributed by atoms with Gasteiger partial charge in [0.1, 0.15) is 9.79 Å². The van der Waals surface area contributed by atoms with Gasteiger partial charge in [-0.2, -0.15) is 16.8 Å². The summed E-state index contributed by atoms with van der Waals surface area (Å²) in [6.07, 6.45) is 0. The lowest BCUT2D eigenvalue weighted by atomic mass is 10.2. The third kappa shape index (κ3) is 5.68. The first-order chi connectivity index (χ1) is 14.5. The molecule has 0 heterocycles. The van der Waals surface area contributed by atoms with Gasteiger partial charge in [-0.15, -0.1) is 0 Å². The molecule has 3 rings (SSSR count). The summed E-state index contributed by atoms with van der Waals surface area (Å²) in [6, 6.07) is 15.0. The summed E-state index contributed by atoms with van der Waals surface area (Å²) in [7, 11) is -8.44. The summed E-state index contributed by atoms with van der Waals surface area (Å²) < 4.78 is 62.2. The smallest absolute Gasteiger partial charge is 0.339 e. The van der Waals surface area contributed by atoms with E-state index in [0.717, 1.165) is 11.1 Å². The third-order valence-electron chi connectivity index (χ3n) is 4.28. The van der Waals surface area contributed by atoms with Crippen LogP contribution in [0.4, 0.5) is 0 Å². The third-order valence-corrected chi connectivity index (χ3v) is 8.11. The van der Waals surface area contributed by atoms with E-state index in [0.29, 0.717) is 15.4 Å². The number of hydrogen-bond acceptors (Lipinski definition) is 6. The van der Waals surface area contributed by atoms with Gasteiger partial charge in [0.05, 0.1) is 0 Å². The quantitative estimate of drug-likeness (QED) is 0.267. The van der Waals surface area contributed by atoms with E-state index in [1.165, 1.54) is 36.4 Å². The Balaban J connectivity index is 2.04. The van der Waals surface area contributed by atoms with Gasteiger partial charge in [0.15, 0.2) is 11.5 Å². The van der Waals surface area contributed by atoms with E-state index in [-0.39, 0.29) is 21.3 Å². The summed E-state index contributed by atoms with van der Waals surface area (Å²) in [4.78, 5) is -0.125. The number of halogens is 2. The van der Waals surface area contributed by atoms with Crippen LogP contribution in [0.5, 0.6) is 11.5 Å². The molecule has 3 aromatic carbocycles. The van der Waals surface area contributed by atoms with Gasteiger partial charge in [-0.05, 0) is 49.7 Å². The standard InChI is InChI=1S/C21H18Br2O6S2/c1-14-3-7-17(8-4-14)30(24,25)28-20-11-16(13-22)19(23)12-21(20)29-31(26,27)18-9-5-15(2)6-10-18/h3-12H,13H2,1-2H3. The van der Waals surface area contributed by atoms with E-state index >= 15 is 0 Å². The average Bonchev–Trinajstić information content (AvgIpc) is 2.70. The van der Waals surface area contributed by atoms with Crippen LogP contribution in [0.15, 0.2) is 74.9 Å². The molecule has 0 aliphatic rings. The molecule has 0 aliphatic heterocycles. The van der Waals surface area contributed by atoms with Crippen molar-refractivity contribution in [3.63, 3.8) is 0 Å². The van der Waals surface area contributed by atoms with Crippen LogP contribution >= 0.6 is 31.9 Å². The molecule has 0 bridgehead atoms. The minimum absolute atomic E-state index is 0.0613. The zero-order chi connectivity index (χ0) is 22.8. The molecule has 0 aromatic heterocycles. The molecule has 0 aliphatic carbocycles. The van der Waals surface area contributed by atoms with Crippen LogP contribution in [0.1, 0.15) is 16.7 Å². The molecule has 31 heavy (non-hydrogen) atoms. The maximum atomic E-state index is 12.8. The lowest BCUT2D eigenvalue weighted by Crippen LogP contribution is -2.14. The fourth-order valence-corrected chi connectivity index (χ4v) is 5.72. The van der Waals surface area contributed by atoms with Crippen molar-refractivity contribution in [1.29, 1.82) is 0 Å². The van der Waals surface area contributed by atoms with Gasteiger partial charge < -0.3 is 8.37 Å². The molecule has 0 unspecified atom stereocenters. The van der Waals surface area contributed by atoms with E-state index in [4.69, 9.17) is 8.37 Å². The lowest BCUT2D eigenvalue weighted by Gasteiger charge is -2.15. The van der Waals surface area contributed by atoms with Gasteiger partial charge >= 0.3 is 20.2 Å². The SMILES string of the molecule is Cc1ccc(S(=O)(=O)Oc2cc(Br)c(CBr)cc2OS(=O)(=O)c2ccc(C)cc2)cc1. The second kappa shape index (κ2) is 9.32. The van der Waals surface area contributed by atoms with Gasteiger partial charge in [-0.25, -0.2) is 0 Å². The molecule has 0 amide bonds. The summed E-state index contributed by atoms with van der Waals surface area (Å²) >= 11 is 6.65. The molecule has 0 spiro atoms. The number of benzene rings is 3. The number of hydrogen-bond donors (Lipinski definition) is 0. The highest BCUT2D eigenvalue weighted by molar-refractivity contribution is 9.10. The van der Waals surface area contributed by atoms with Crippen molar-refractivity contribution in [3.05, 3.63) is 81.8 Å². The highest BCUT2D eigenvalue weighted by atomic mass is 79.9. The topological polar surface area (TPSA) is 86.7 Å². The zero-order valence-corrected chi connectivity index (χ0v) is 21.3. The molecular weight excluding hydrogens is 572 g/mol. The van der Waals surface area contributed by atoms with Crippen molar-refractivity contribution >= 4 is 52.1 Å². The van der Waals surface area contributed by atoms with E-state index in [1.807, 2.05) is 13.8 Å². The van der Waals surface area contributed by atoms with Crippen molar-refractivity contribution < 1.29 is 25.2 Å². The highest BCUT2D eigenvalue weighted by Gasteiger charge is 2.25. The Bertz CT molecular complexity index is 1300. The van der Waals surface area contributed by atoms with Crippen molar-refractivity contribution in [3.8, 4) is 11.5 Å². The van der Waals surface area contributed by atoms with Crippen LogP contribution in [-0.4, -0.2) is 16.8 Å². The minimum atomic E-state index is -4.22. The maximum Gasteiger partial charge on any atom is 0.339 e. The second-order valence-corrected chi connectivity index (χ2v) is 11.2. The maximum absolute atomic E-state index is 12.8. The first-order valence-electron chi connectivity index (χ1n) is 8.92. The van der Waals surface area contributed by atoms with Gasteiger partial charge in [0.2, 0.25) is 0 Å². The Morgan fingerprint density at radius 2 is 1.10 bits per heavy atom. The normalized spacial score (nSPS) is 11.9. The van der Waals surface area contributed by atoms with E-state index in [2.05, 4.69) is 31.9 Å². The predicted molar refractivity (Wildman–Crippen MR) is 125 cm³/mol. The molecule has 0 radical (unpaired) electrons. The monoisotopic (exact) mass is 588 g/mol. The fraction of sp³-hybridized carbons (Fsp3) is 0.143. The Kier molecular flexibility index (Phi) is 7.14. The van der Waals surface area contributed by atoms with E-state index < -0.39 is 20.2 Å². The first-order valence-corrected chi connectivity index (χ1v) is 13.7. The average molecular weight is 590 g/mol. The number of alkyl halides is 1. The van der Waals surface area contributed by atoms with Crippen LogP contribution in [0.25, 0.3) is 0 Å². The van der Waals surface area contributed by atoms with Crippen molar-refractivity contribution in [2.75, 3.05) is 0 Å². The Morgan fingerprint density at radius 3 is 1.48 bits per heavy atom. The van der Waals surface area contributed by atoms with Gasteiger partial charge in [0, 0.05) is 15.9 Å². The predicted octanol–water partition coefficient (Wildman–Crippen LogP) is 5.50. The molecule has 6 nitrogen and oxygen atoms in total. The second-order valence-electron chi connectivity index (χ2n) is 6.73. The van der Waals surface area contributed by atoms with Gasteiger partial charge in [0.25, 0.3) is 0 Å². The number of aryl methyl sites for hydroxylation is 2. The van der Waals surface area contributed by atoms with Crippen LogP contribution in [0.3, 0.4) is 0 Å². The fourth-order valence-electron chi connectivity index (χ4n) is 2.55. The Hall–Kier alpha value is -1.88. The van der Waals surface area contributed by atoms with Gasteiger partial charge in [-0.1, -0.05) is 67.3 Å². The van der Waals surface area contributed by atoms with E-state index in [1.54, 1.807) is 24.3 Å². The molecule has 0 saturated carbocycles. The van der Waals surface area contributed by atoms with Crippen LogP contribution in [0.2, 0.25) is 0 Å². The van der Waals surface area contributed by atoms with Crippen LogP contribution < -0.4 is 8.37 Å². The molecule has 0 fully saturated rings. The summed E-state index contributed by atoms with van der Waals surface area (Å²) in [5, 5.41) is 0.375. The van der Waals surface area contributed by atoms with E-state index in [9.17, 15) is 16.8 Å². The van der Waals surface area contributed by atoms with Crippen LogP contribution in [-0.2, 0) is 25.6 Å². The summed E-state index contributed by atoms with van der Waals surface area (Å²) in [5.74, 6) is -0.498. The summed E-state index contributed by atoms with van der Waals surface area (Å²) in [5.41, 5.74) is 2.42. The molecular formula is C21H18Br2O6S2. The first kappa shape index (κ1) is 23.8. The molecule has 10 heteroatoms. The highest BCUT2D eigenvalue weighted by Crippen LogP contribution is 2.38. The lowest BCUT2D eigenvalue weighted by molar-refractivity contribution is 0.449. The molecule has 3 aromatic rings. The largest absolute Gasteiger partial charge is 0.375 e. The van der Waals surface area contributed by atoms with Crippen molar-refractivity contribution in [2.45, 2.75) is 29.0 Å². The van der Waals surface area contributed by atoms with Crippen molar-refractivity contribution in [1.82, 2.24) is 0 Å². The molecule has 0 atom stereocenters.